The van der Waals surface area contributed by atoms with Crippen LogP contribution in [0.1, 0.15) is 11.1 Å². The molecule has 0 aliphatic carbocycles. The van der Waals surface area contributed by atoms with Gasteiger partial charge in [-0.05, 0) is 24.3 Å². The molecule has 2 aromatic carbocycles. The monoisotopic (exact) mass is 455 g/mol. The van der Waals surface area contributed by atoms with Crippen LogP contribution in [-0.4, -0.2) is 70.3 Å². The van der Waals surface area contributed by atoms with Crippen molar-refractivity contribution in [3.05, 3.63) is 35.4 Å². The highest BCUT2D eigenvalue weighted by Gasteiger charge is 2.13. The second-order valence-electron chi connectivity index (χ2n) is 6.39. The first-order valence-electron chi connectivity index (χ1n) is 9.67. The molecule has 0 radical (unpaired) electrons. The number of aromatic nitrogens is 3. The summed E-state index contributed by atoms with van der Waals surface area (Å²) in [5.41, 5.74) is 1.44. The molecule has 1 heterocycles. The van der Waals surface area contributed by atoms with Crippen LogP contribution in [0.2, 0.25) is 0 Å². The minimum Gasteiger partial charge on any atom is -0.493 e. The quantitative estimate of drug-likeness (QED) is 0.462. The first-order chi connectivity index (χ1) is 16.1. The molecule has 0 spiro atoms. The molecule has 1 N–H and O–H groups in total. The standard InChI is InChI=1S/C22H25N5O6/c1-28-15-7-13(8-16(29-2)19(15)32-5)11-23-21-25-22(27-26-21)24-12-14-9-17(30-3)20(33-6)18(10-14)31-4/h7-12H,1-6H3,(H,25,26,27). The number of nitrogens with one attached hydrogen (secondary N) is 1. The van der Waals surface area contributed by atoms with Gasteiger partial charge in [-0.15, -0.1) is 5.10 Å². The van der Waals surface area contributed by atoms with Crippen LogP contribution in [0.15, 0.2) is 34.3 Å². The molecule has 0 atom stereocenters. The van der Waals surface area contributed by atoms with Crippen molar-refractivity contribution in [2.75, 3.05) is 42.7 Å². The third kappa shape index (κ3) is 5.32. The molecule has 33 heavy (non-hydrogen) atoms. The Kier molecular flexibility index (Phi) is 7.68. The second kappa shape index (κ2) is 10.8. The third-order valence-corrected chi connectivity index (χ3v) is 4.50. The average molecular weight is 455 g/mol. The highest BCUT2D eigenvalue weighted by atomic mass is 16.5. The lowest BCUT2D eigenvalue weighted by Crippen LogP contribution is -1.96. The van der Waals surface area contributed by atoms with Gasteiger partial charge in [0.05, 0.1) is 42.7 Å². The van der Waals surface area contributed by atoms with Crippen molar-refractivity contribution in [1.29, 1.82) is 0 Å². The van der Waals surface area contributed by atoms with Crippen LogP contribution in [0.3, 0.4) is 0 Å². The van der Waals surface area contributed by atoms with Gasteiger partial charge < -0.3 is 28.4 Å². The van der Waals surface area contributed by atoms with Gasteiger partial charge in [0.15, 0.2) is 23.0 Å². The van der Waals surface area contributed by atoms with Crippen LogP contribution in [-0.2, 0) is 0 Å². The minimum absolute atomic E-state index is 0.209. The van der Waals surface area contributed by atoms with Gasteiger partial charge in [-0.2, -0.15) is 4.98 Å². The minimum atomic E-state index is 0.209. The first-order valence-corrected chi connectivity index (χ1v) is 9.67. The smallest absolute Gasteiger partial charge is 0.269 e. The van der Waals surface area contributed by atoms with Crippen molar-refractivity contribution in [3.8, 4) is 34.5 Å². The number of aliphatic imine (C=N–C) groups is 2. The van der Waals surface area contributed by atoms with E-state index in [1.807, 2.05) is 0 Å². The van der Waals surface area contributed by atoms with Crippen LogP contribution >= 0.6 is 0 Å². The topological polar surface area (TPSA) is 122 Å². The maximum atomic E-state index is 5.35. The largest absolute Gasteiger partial charge is 0.493 e. The van der Waals surface area contributed by atoms with E-state index in [-0.39, 0.29) is 11.9 Å². The molecule has 174 valence electrons. The summed E-state index contributed by atoms with van der Waals surface area (Å²) in [5.74, 6) is 3.56. The highest BCUT2D eigenvalue weighted by molar-refractivity contribution is 5.85. The second-order valence-corrected chi connectivity index (χ2v) is 6.39. The summed E-state index contributed by atoms with van der Waals surface area (Å²) in [6.07, 6.45) is 3.18. The number of nitrogens with zero attached hydrogens (tertiary/aromatic N) is 4. The summed E-state index contributed by atoms with van der Waals surface area (Å²) in [6.45, 7) is 0. The molecule has 11 nitrogen and oxygen atoms in total. The fraction of sp³-hybridized carbons (Fsp3) is 0.273. The lowest BCUT2D eigenvalue weighted by molar-refractivity contribution is 0.324. The van der Waals surface area contributed by atoms with E-state index in [1.165, 1.54) is 0 Å². The number of rotatable bonds is 10. The molecular formula is C22H25N5O6. The molecule has 0 amide bonds. The lowest BCUT2D eigenvalue weighted by Gasteiger charge is -2.12. The zero-order valence-corrected chi connectivity index (χ0v) is 19.2. The molecule has 0 aliphatic rings. The van der Waals surface area contributed by atoms with E-state index in [9.17, 15) is 0 Å². The molecule has 0 fully saturated rings. The molecule has 0 saturated carbocycles. The van der Waals surface area contributed by atoms with E-state index in [4.69, 9.17) is 28.4 Å². The van der Waals surface area contributed by atoms with Crippen molar-refractivity contribution in [2.45, 2.75) is 0 Å². The van der Waals surface area contributed by atoms with Gasteiger partial charge in [0.1, 0.15) is 0 Å². The molecule has 3 rings (SSSR count). The van der Waals surface area contributed by atoms with Crippen LogP contribution in [0.4, 0.5) is 11.9 Å². The summed E-state index contributed by atoms with van der Waals surface area (Å²) in [7, 11) is 9.28. The van der Waals surface area contributed by atoms with Gasteiger partial charge in [-0.1, -0.05) is 0 Å². The summed E-state index contributed by atoms with van der Waals surface area (Å²) >= 11 is 0. The number of hydrogen-bond donors (Lipinski definition) is 1. The molecule has 3 aromatic rings. The number of methoxy groups -OCH3 is 6. The average Bonchev–Trinajstić information content (AvgIpc) is 3.32. The molecule has 0 unspecified atom stereocenters. The SMILES string of the molecule is COc1cc(C=Nc2n[nH]c(N=Cc3cc(OC)c(OC)c(OC)c3)n2)cc(OC)c1OC. The fourth-order valence-electron chi connectivity index (χ4n) is 2.98. The highest BCUT2D eigenvalue weighted by Crippen LogP contribution is 2.38. The Hall–Kier alpha value is -4.28. The van der Waals surface area contributed by atoms with E-state index in [2.05, 4.69) is 25.2 Å². The first kappa shape index (κ1) is 23.4. The zero-order valence-electron chi connectivity index (χ0n) is 19.2. The third-order valence-electron chi connectivity index (χ3n) is 4.50. The summed E-state index contributed by atoms with van der Waals surface area (Å²) in [6, 6.07) is 7.07. The van der Waals surface area contributed by atoms with Crippen LogP contribution in [0.25, 0.3) is 0 Å². The van der Waals surface area contributed by atoms with Crippen molar-refractivity contribution in [3.63, 3.8) is 0 Å². The molecule has 0 aliphatic heterocycles. The van der Waals surface area contributed by atoms with E-state index in [0.717, 1.165) is 11.1 Å². The Morgan fingerprint density at radius 2 is 1.06 bits per heavy atom. The lowest BCUT2D eigenvalue weighted by atomic mass is 10.2. The number of ether oxygens (including phenoxy) is 6. The summed E-state index contributed by atoms with van der Waals surface area (Å²) in [5, 5.41) is 6.78. The molecule has 1 aromatic heterocycles. The molecule has 0 saturated heterocycles. The van der Waals surface area contributed by atoms with Gasteiger partial charge in [0.25, 0.3) is 5.95 Å². The van der Waals surface area contributed by atoms with Gasteiger partial charge in [0.2, 0.25) is 17.4 Å². The van der Waals surface area contributed by atoms with Crippen molar-refractivity contribution < 1.29 is 28.4 Å². The Labute approximate surface area is 191 Å². The van der Waals surface area contributed by atoms with Crippen molar-refractivity contribution in [1.82, 2.24) is 15.2 Å². The van der Waals surface area contributed by atoms with Crippen molar-refractivity contribution >= 4 is 24.3 Å². The molecule has 11 heteroatoms. The Morgan fingerprint density at radius 3 is 1.45 bits per heavy atom. The Morgan fingerprint density at radius 1 is 0.636 bits per heavy atom. The van der Waals surface area contributed by atoms with Gasteiger partial charge in [0, 0.05) is 23.6 Å². The number of H-pyrrole nitrogens is 1. The maximum absolute atomic E-state index is 5.35. The number of benzene rings is 2. The number of aromatic amines is 1. The molecule has 0 bridgehead atoms. The summed E-state index contributed by atoms with van der Waals surface area (Å²) < 4.78 is 32.0. The van der Waals surface area contributed by atoms with Crippen LogP contribution in [0, 0.1) is 0 Å². The van der Waals surface area contributed by atoms with Crippen molar-refractivity contribution in [2.24, 2.45) is 9.98 Å². The zero-order chi connectivity index (χ0) is 23.8. The Bertz CT molecular complexity index is 1020. The number of hydrogen-bond acceptors (Lipinski definition) is 10. The maximum Gasteiger partial charge on any atom is 0.269 e. The van der Waals surface area contributed by atoms with Gasteiger partial charge >= 0.3 is 0 Å². The van der Waals surface area contributed by atoms with E-state index < -0.39 is 0 Å². The predicted molar refractivity (Wildman–Crippen MR) is 123 cm³/mol. The summed E-state index contributed by atoms with van der Waals surface area (Å²) in [4.78, 5) is 12.8. The van der Waals surface area contributed by atoms with Crippen LogP contribution < -0.4 is 28.4 Å². The Balaban J connectivity index is 1.80. The van der Waals surface area contributed by atoms with Crippen LogP contribution in [0.5, 0.6) is 34.5 Å². The van der Waals surface area contributed by atoms with Gasteiger partial charge in [-0.25, -0.2) is 15.1 Å². The molecular weight excluding hydrogens is 430 g/mol. The fourth-order valence-corrected chi connectivity index (χ4v) is 2.98. The van der Waals surface area contributed by atoms with Gasteiger partial charge in [-0.3, -0.25) is 0 Å². The van der Waals surface area contributed by atoms with E-state index >= 15 is 0 Å². The van der Waals surface area contributed by atoms with E-state index in [1.54, 1.807) is 79.4 Å². The predicted octanol–water partition coefficient (Wildman–Crippen LogP) is 3.36. The normalized spacial score (nSPS) is 11.1. The van der Waals surface area contributed by atoms with E-state index in [0.29, 0.717) is 34.5 Å².